The van der Waals surface area contributed by atoms with E-state index in [0.29, 0.717) is 11.9 Å². The van der Waals surface area contributed by atoms with Gasteiger partial charge in [0.05, 0.1) is 11.0 Å². The SMILES string of the molecule is CC[C@H]1CCCCN1c1nc2ccccc2[nH]c1=O. The van der Waals surface area contributed by atoms with Gasteiger partial charge in [-0.1, -0.05) is 19.1 Å². The van der Waals surface area contributed by atoms with E-state index in [1.54, 1.807) is 0 Å². The number of benzene rings is 1. The molecule has 2 heterocycles. The number of nitrogens with one attached hydrogen (secondary N) is 1. The van der Waals surface area contributed by atoms with Gasteiger partial charge in [0, 0.05) is 12.6 Å². The molecule has 19 heavy (non-hydrogen) atoms. The highest BCUT2D eigenvalue weighted by Gasteiger charge is 2.24. The smallest absolute Gasteiger partial charge is 0.291 e. The molecule has 0 spiro atoms. The summed E-state index contributed by atoms with van der Waals surface area (Å²) in [6.07, 6.45) is 4.61. The molecule has 3 rings (SSSR count). The number of hydrogen-bond acceptors (Lipinski definition) is 3. The van der Waals surface area contributed by atoms with Crippen LogP contribution < -0.4 is 10.5 Å². The van der Waals surface area contributed by atoms with Crippen molar-refractivity contribution in [1.82, 2.24) is 9.97 Å². The molecule has 1 aliphatic rings. The lowest BCUT2D eigenvalue weighted by Gasteiger charge is -2.35. The fourth-order valence-electron chi connectivity index (χ4n) is 2.92. The number of aromatic nitrogens is 2. The standard InChI is InChI=1S/C15H19N3O/c1-2-11-7-5-6-10-18(11)14-15(19)17-13-9-4-3-8-12(13)16-14/h3-4,8-9,11H,2,5-7,10H2,1H3,(H,17,19)/t11-/m0/s1. The van der Waals surface area contributed by atoms with Gasteiger partial charge in [-0.05, 0) is 37.8 Å². The molecule has 4 nitrogen and oxygen atoms in total. The monoisotopic (exact) mass is 257 g/mol. The van der Waals surface area contributed by atoms with E-state index in [1.807, 2.05) is 24.3 Å². The first-order chi connectivity index (χ1) is 9.29. The van der Waals surface area contributed by atoms with Crippen LogP contribution in [-0.2, 0) is 0 Å². The van der Waals surface area contributed by atoms with Crippen LogP contribution in [0.15, 0.2) is 29.1 Å². The summed E-state index contributed by atoms with van der Waals surface area (Å²) in [6, 6.07) is 8.14. The summed E-state index contributed by atoms with van der Waals surface area (Å²) in [4.78, 5) is 21.9. The summed E-state index contributed by atoms with van der Waals surface area (Å²) >= 11 is 0. The van der Waals surface area contributed by atoms with Crippen LogP contribution in [0, 0.1) is 0 Å². The number of anilines is 1. The van der Waals surface area contributed by atoms with E-state index in [9.17, 15) is 4.79 Å². The molecule has 0 saturated carbocycles. The van der Waals surface area contributed by atoms with Gasteiger partial charge in [0.2, 0.25) is 0 Å². The Hall–Kier alpha value is -1.84. The predicted molar refractivity (Wildman–Crippen MR) is 77.6 cm³/mol. The minimum atomic E-state index is -0.0703. The van der Waals surface area contributed by atoms with E-state index >= 15 is 0 Å². The van der Waals surface area contributed by atoms with Crippen LogP contribution in [0.25, 0.3) is 11.0 Å². The Balaban J connectivity index is 2.08. The average molecular weight is 257 g/mol. The largest absolute Gasteiger partial charge is 0.349 e. The van der Waals surface area contributed by atoms with E-state index in [-0.39, 0.29) is 5.56 Å². The van der Waals surface area contributed by atoms with E-state index < -0.39 is 0 Å². The Morgan fingerprint density at radius 2 is 2.21 bits per heavy atom. The van der Waals surface area contributed by atoms with E-state index in [1.165, 1.54) is 6.42 Å². The molecule has 1 fully saturated rings. The van der Waals surface area contributed by atoms with Crippen molar-refractivity contribution in [3.8, 4) is 0 Å². The highest BCUT2D eigenvalue weighted by Crippen LogP contribution is 2.23. The van der Waals surface area contributed by atoms with Crippen molar-refractivity contribution in [3.63, 3.8) is 0 Å². The number of fused-ring (bicyclic) bond motifs is 1. The molecule has 0 aliphatic carbocycles. The van der Waals surface area contributed by atoms with Crippen molar-refractivity contribution in [1.29, 1.82) is 0 Å². The summed E-state index contributed by atoms with van der Waals surface area (Å²) in [7, 11) is 0. The maximum atomic E-state index is 12.2. The summed E-state index contributed by atoms with van der Waals surface area (Å²) < 4.78 is 0. The number of para-hydroxylation sites is 2. The lowest BCUT2D eigenvalue weighted by Crippen LogP contribution is -2.42. The first kappa shape index (κ1) is 12.2. The molecule has 100 valence electrons. The van der Waals surface area contributed by atoms with Crippen LogP contribution in [0.2, 0.25) is 0 Å². The maximum absolute atomic E-state index is 12.2. The molecule has 2 aromatic rings. The molecular weight excluding hydrogens is 238 g/mol. The van der Waals surface area contributed by atoms with Gasteiger partial charge in [-0.25, -0.2) is 4.98 Å². The lowest BCUT2D eigenvalue weighted by molar-refractivity contribution is 0.446. The first-order valence-electron chi connectivity index (χ1n) is 7.05. The van der Waals surface area contributed by atoms with Crippen molar-refractivity contribution >= 4 is 16.9 Å². The summed E-state index contributed by atoms with van der Waals surface area (Å²) in [5.41, 5.74) is 1.60. The Morgan fingerprint density at radius 3 is 3.05 bits per heavy atom. The third-order valence-corrected chi connectivity index (χ3v) is 3.95. The Bertz CT molecular complexity index is 635. The quantitative estimate of drug-likeness (QED) is 0.900. The van der Waals surface area contributed by atoms with Crippen LogP contribution in [-0.4, -0.2) is 22.6 Å². The van der Waals surface area contributed by atoms with Crippen LogP contribution in [0.4, 0.5) is 5.82 Å². The van der Waals surface area contributed by atoms with Gasteiger partial charge in [0.15, 0.2) is 5.82 Å². The fraction of sp³-hybridized carbons (Fsp3) is 0.467. The second-order valence-corrected chi connectivity index (χ2v) is 5.16. The normalized spacial score (nSPS) is 19.8. The predicted octanol–water partition coefficient (Wildman–Crippen LogP) is 2.69. The number of aromatic amines is 1. The topological polar surface area (TPSA) is 49.0 Å². The molecular formula is C15H19N3O. The number of hydrogen-bond donors (Lipinski definition) is 1. The Labute approximate surface area is 112 Å². The summed E-state index contributed by atoms with van der Waals surface area (Å²) in [5.74, 6) is 0.588. The molecule has 1 aromatic heterocycles. The molecule has 0 bridgehead atoms. The van der Waals surface area contributed by atoms with Crippen LogP contribution in [0.1, 0.15) is 32.6 Å². The van der Waals surface area contributed by atoms with Gasteiger partial charge >= 0.3 is 0 Å². The number of H-pyrrole nitrogens is 1. The molecule has 1 atom stereocenters. The van der Waals surface area contributed by atoms with Crippen molar-refractivity contribution < 1.29 is 0 Å². The average Bonchev–Trinajstić information content (AvgIpc) is 2.46. The number of nitrogens with zero attached hydrogens (tertiary/aromatic N) is 2. The second kappa shape index (κ2) is 5.03. The molecule has 0 radical (unpaired) electrons. The number of piperidine rings is 1. The first-order valence-corrected chi connectivity index (χ1v) is 7.05. The van der Waals surface area contributed by atoms with E-state index in [0.717, 1.165) is 36.8 Å². The minimum Gasteiger partial charge on any atom is -0.349 e. The zero-order valence-electron chi connectivity index (χ0n) is 11.2. The van der Waals surface area contributed by atoms with Crippen LogP contribution in [0.3, 0.4) is 0 Å². The van der Waals surface area contributed by atoms with Crippen molar-refractivity contribution in [3.05, 3.63) is 34.6 Å². The molecule has 4 heteroatoms. The Morgan fingerprint density at radius 1 is 1.37 bits per heavy atom. The third kappa shape index (κ3) is 2.23. The second-order valence-electron chi connectivity index (χ2n) is 5.16. The fourth-order valence-corrected chi connectivity index (χ4v) is 2.92. The van der Waals surface area contributed by atoms with Gasteiger partial charge in [-0.15, -0.1) is 0 Å². The van der Waals surface area contributed by atoms with Gasteiger partial charge in [0.25, 0.3) is 5.56 Å². The van der Waals surface area contributed by atoms with Crippen molar-refractivity contribution in [2.45, 2.75) is 38.6 Å². The van der Waals surface area contributed by atoms with Crippen molar-refractivity contribution in [2.24, 2.45) is 0 Å². The highest BCUT2D eigenvalue weighted by molar-refractivity contribution is 5.75. The Kier molecular flexibility index (Phi) is 3.23. The summed E-state index contributed by atoms with van der Waals surface area (Å²) in [5, 5.41) is 0. The van der Waals surface area contributed by atoms with Gasteiger partial charge in [-0.3, -0.25) is 4.79 Å². The van der Waals surface area contributed by atoms with E-state index in [4.69, 9.17) is 0 Å². The lowest BCUT2D eigenvalue weighted by atomic mass is 10.0. The molecule has 1 N–H and O–H groups in total. The number of rotatable bonds is 2. The van der Waals surface area contributed by atoms with Gasteiger partial charge < -0.3 is 9.88 Å². The zero-order valence-corrected chi connectivity index (χ0v) is 11.2. The third-order valence-electron chi connectivity index (χ3n) is 3.95. The minimum absolute atomic E-state index is 0.0703. The molecule has 0 unspecified atom stereocenters. The molecule has 1 saturated heterocycles. The van der Waals surface area contributed by atoms with Crippen LogP contribution in [0.5, 0.6) is 0 Å². The highest BCUT2D eigenvalue weighted by atomic mass is 16.1. The van der Waals surface area contributed by atoms with Gasteiger partial charge in [0.1, 0.15) is 0 Å². The zero-order chi connectivity index (χ0) is 13.2. The van der Waals surface area contributed by atoms with Crippen molar-refractivity contribution in [2.75, 3.05) is 11.4 Å². The summed E-state index contributed by atoms with van der Waals surface area (Å²) in [6.45, 7) is 3.12. The molecule has 1 aromatic carbocycles. The maximum Gasteiger partial charge on any atom is 0.291 e. The van der Waals surface area contributed by atoms with Crippen LogP contribution >= 0.6 is 0 Å². The molecule has 1 aliphatic heterocycles. The van der Waals surface area contributed by atoms with Gasteiger partial charge in [-0.2, -0.15) is 0 Å². The molecule has 0 amide bonds. The van der Waals surface area contributed by atoms with E-state index in [2.05, 4.69) is 21.8 Å².